The van der Waals surface area contributed by atoms with Crippen molar-refractivity contribution in [3.63, 3.8) is 0 Å². The fourth-order valence-corrected chi connectivity index (χ4v) is 6.43. The van der Waals surface area contributed by atoms with Gasteiger partial charge in [0.05, 0.1) is 61.6 Å². The predicted molar refractivity (Wildman–Crippen MR) is 175 cm³/mol. The summed E-state index contributed by atoms with van der Waals surface area (Å²) in [6.45, 7) is 4.08. The molecule has 2 fully saturated rings. The molecule has 0 amide bonds. The monoisotopic (exact) mass is 653 g/mol. The van der Waals surface area contributed by atoms with Gasteiger partial charge in [-0.15, -0.1) is 0 Å². The van der Waals surface area contributed by atoms with E-state index in [1.165, 1.54) is 11.4 Å². The molecule has 2 aliphatic heterocycles. The van der Waals surface area contributed by atoms with Crippen LogP contribution in [0, 0.1) is 0 Å². The number of carbonyl (C=O) groups excluding carboxylic acids is 1. The van der Waals surface area contributed by atoms with Crippen LogP contribution < -0.4 is 20.4 Å². The van der Waals surface area contributed by atoms with Crippen LogP contribution in [0.5, 0.6) is 5.75 Å². The molecule has 2 aliphatic rings. The van der Waals surface area contributed by atoms with Crippen LogP contribution in [0.2, 0.25) is 0 Å². The van der Waals surface area contributed by atoms with E-state index in [1.54, 1.807) is 48.7 Å². The highest BCUT2D eigenvalue weighted by Gasteiger charge is 2.28. The Morgan fingerprint density at radius 1 is 0.978 bits per heavy atom. The van der Waals surface area contributed by atoms with Gasteiger partial charge in [-0.2, -0.15) is 9.41 Å². The Kier molecular flexibility index (Phi) is 11.0. The number of anilines is 2. The Morgan fingerprint density at radius 3 is 2.38 bits per heavy atom. The number of methoxy groups -OCH3 is 1. The molecule has 3 aromatic carbocycles. The van der Waals surface area contributed by atoms with Gasteiger partial charge in [-0.3, -0.25) is 5.43 Å². The Hall–Kier alpha value is -4.08. The molecular weight excluding hydrogens is 619 g/mol. The van der Waals surface area contributed by atoms with Crippen LogP contribution in [-0.2, 0) is 30.8 Å². The molecule has 5 rings (SSSR count). The summed E-state index contributed by atoms with van der Waals surface area (Å²) in [4.78, 5) is 14.0. The first-order valence-electron chi connectivity index (χ1n) is 14.4. The zero-order chi connectivity index (χ0) is 31.6. The molecule has 0 unspecified atom stereocenters. The maximum absolute atomic E-state index is 13.4. The van der Waals surface area contributed by atoms with Gasteiger partial charge < -0.3 is 29.2 Å². The summed E-state index contributed by atoms with van der Waals surface area (Å²) in [6.07, 6.45) is 1.59. The van der Waals surface area contributed by atoms with E-state index < -0.39 is 16.0 Å². The number of rotatable bonds is 10. The number of nitrogens with one attached hydrogen (secondary N) is 2. The third-order valence-electron chi connectivity index (χ3n) is 7.23. The Bertz CT molecular complexity index is 1620. The topological polar surface area (TPSA) is 131 Å². The second-order valence-corrected chi connectivity index (χ2v) is 12.5. The van der Waals surface area contributed by atoms with E-state index in [0.717, 1.165) is 11.3 Å². The minimum absolute atomic E-state index is 0.168. The number of morpholine rings is 2. The Balaban J connectivity index is 1.26. The van der Waals surface area contributed by atoms with Gasteiger partial charge in [0.15, 0.2) is 5.11 Å². The van der Waals surface area contributed by atoms with Crippen LogP contribution in [0.15, 0.2) is 76.7 Å². The van der Waals surface area contributed by atoms with Crippen LogP contribution in [0.3, 0.4) is 0 Å². The predicted octanol–water partition coefficient (Wildman–Crippen LogP) is 3.23. The number of nitrogens with zero attached hydrogens (tertiary/aromatic N) is 3. The van der Waals surface area contributed by atoms with E-state index in [1.807, 2.05) is 24.3 Å². The molecule has 0 radical (unpaired) electrons. The molecule has 0 aliphatic carbocycles. The molecule has 2 heterocycles. The van der Waals surface area contributed by atoms with Crippen molar-refractivity contribution in [2.45, 2.75) is 11.5 Å². The SMILES string of the molecule is COC(=O)c1ccc(COc2ccccc2/C=N\NC(=S)Nc2cc(S(=O)(=O)N3CCOCC3)ccc2N2CCOCC2)cc1. The summed E-state index contributed by atoms with van der Waals surface area (Å²) in [7, 11) is -2.37. The van der Waals surface area contributed by atoms with Gasteiger partial charge in [0.25, 0.3) is 0 Å². The van der Waals surface area contributed by atoms with E-state index >= 15 is 0 Å². The van der Waals surface area contributed by atoms with Gasteiger partial charge in [0, 0.05) is 31.7 Å². The fourth-order valence-electron chi connectivity index (χ4n) is 4.84. The number of hydrogen-bond donors (Lipinski definition) is 2. The summed E-state index contributed by atoms with van der Waals surface area (Å²) in [5.74, 6) is 0.210. The van der Waals surface area contributed by atoms with Crippen molar-refractivity contribution in [2.75, 3.05) is 69.9 Å². The van der Waals surface area contributed by atoms with Gasteiger partial charge in [-0.1, -0.05) is 24.3 Å². The van der Waals surface area contributed by atoms with Crippen LogP contribution in [-0.4, -0.2) is 89.7 Å². The number of ether oxygens (including phenoxy) is 4. The molecule has 2 saturated heterocycles. The van der Waals surface area contributed by atoms with E-state index in [2.05, 4.69) is 20.7 Å². The zero-order valence-electron chi connectivity index (χ0n) is 24.8. The maximum Gasteiger partial charge on any atom is 0.337 e. The summed E-state index contributed by atoms with van der Waals surface area (Å²) < 4.78 is 49.8. The highest BCUT2D eigenvalue weighted by Crippen LogP contribution is 2.31. The number of esters is 1. The molecule has 2 N–H and O–H groups in total. The van der Waals surface area contributed by atoms with Gasteiger partial charge in [-0.25, -0.2) is 13.2 Å². The minimum Gasteiger partial charge on any atom is -0.488 e. The number of carbonyl (C=O) groups is 1. The second kappa shape index (κ2) is 15.3. The van der Waals surface area contributed by atoms with Crippen LogP contribution in [0.4, 0.5) is 11.4 Å². The molecule has 14 heteroatoms. The number of hydrogen-bond acceptors (Lipinski definition) is 10. The average Bonchev–Trinajstić information content (AvgIpc) is 3.08. The first kappa shape index (κ1) is 32.3. The van der Waals surface area contributed by atoms with Crippen LogP contribution >= 0.6 is 12.2 Å². The third kappa shape index (κ3) is 8.35. The molecule has 0 saturated carbocycles. The van der Waals surface area contributed by atoms with Crippen molar-refractivity contribution in [1.29, 1.82) is 0 Å². The van der Waals surface area contributed by atoms with E-state index in [0.29, 0.717) is 75.2 Å². The van der Waals surface area contributed by atoms with Crippen molar-refractivity contribution in [3.05, 3.63) is 83.4 Å². The lowest BCUT2D eigenvalue weighted by Crippen LogP contribution is -2.40. The first-order chi connectivity index (χ1) is 21.8. The molecule has 0 atom stereocenters. The van der Waals surface area contributed by atoms with Crippen molar-refractivity contribution in [3.8, 4) is 5.75 Å². The van der Waals surface area contributed by atoms with E-state index in [9.17, 15) is 13.2 Å². The highest BCUT2D eigenvalue weighted by molar-refractivity contribution is 7.89. The smallest absolute Gasteiger partial charge is 0.337 e. The van der Waals surface area contributed by atoms with Gasteiger partial charge >= 0.3 is 5.97 Å². The zero-order valence-corrected chi connectivity index (χ0v) is 26.4. The van der Waals surface area contributed by atoms with Gasteiger partial charge in [0.2, 0.25) is 10.0 Å². The molecule has 45 heavy (non-hydrogen) atoms. The van der Waals surface area contributed by atoms with Crippen molar-refractivity contribution in [1.82, 2.24) is 9.73 Å². The maximum atomic E-state index is 13.4. The number of thiocarbonyl (C=S) groups is 1. The lowest BCUT2D eigenvalue weighted by Gasteiger charge is -2.31. The van der Waals surface area contributed by atoms with Gasteiger partial charge in [-0.05, 0) is 60.2 Å². The summed E-state index contributed by atoms with van der Waals surface area (Å²) in [6, 6.07) is 19.4. The molecule has 0 aromatic heterocycles. The first-order valence-corrected chi connectivity index (χ1v) is 16.2. The molecule has 12 nitrogen and oxygen atoms in total. The average molecular weight is 654 g/mol. The standard InChI is InChI=1S/C31H35N5O7S2/c1-40-30(37)24-8-6-23(7-9-24)22-43-29-5-3-2-4-25(29)21-32-34-31(44)33-27-20-26(45(38,39)36-14-18-42-19-15-36)10-11-28(27)35-12-16-41-17-13-35/h2-11,20-21H,12-19,22H2,1H3,(H2,33,34,44)/b32-21-. The van der Waals surface area contributed by atoms with Gasteiger partial charge in [0.1, 0.15) is 12.4 Å². The summed E-state index contributed by atoms with van der Waals surface area (Å²) in [5, 5.41) is 7.62. The number of sulfonamides is 1. The number of hydrazone groups is 1. The highest BCUT2D eigenvalue weighted by atomic mass is 32.2. The minimum atomic E-state index is -3.72. The molecule has 0 bridgehead atoms. The molecule has 0 spiro atoms. The van der Waals surface area contributed by atoms with E-state index in [-0.39, 0.29) is 16.6 Å². The largest absolute Gasteiger partial charge is 0.488 e. The quantitative estimate of drug-likeness (QED) is 0.145. The van der Waals surface area contributed by atoms with Crippen LogP contribution in [0.25, 0.3) is 0 Å². The Labute approximate surface area is 267 Å². The second-order valence-electron chi connectivity index (χ2n) is 10.1. The number of para-hydroxylation sites is 1. The van der Waals surface area contributed by atoms with Crippen molar-refractivity contribution >= 4 is 50.9 Å². The molecule has 3 aromatic rings. The molecule has 238 valence electrons. The summed E-state index contributed by atoms with van der Waals surface area (Å²) >= 11 is 5.54. The number of benzene rings is 3. The normalized spacial score (nSPS) is 15.9. The lowest BCUT2D eigenvalue weighted by atomic mass is 10.1. The van der Waals surface area contributed by atoms with E-state index in [4.69, 9.17) is 31.2 Å². The van der Waals surface area contributed by atoms with Crippen molar-refractivity contribution in [2.24, 2.45) is 5.10 Å². The lowest BCUT2D eigenvalue weighted by molar-refractivity contribution is 0.0600. The third-order valence-corrected chi connectivity index (χ3v) is 9.32. The fraction of sp³-hybridized carbons (Fsp3) is 0.323. The molecular formula is C31H35N5O7S2. The van der Waals surface area contributed by atoms with Crippen LogP contribution in [0.1, 0.15) is 21.5 Å². The van der Waals surface area contributed by atoms with Crippen molar-refractivity contribution < 1.29 is 32.2 Å². The summed E-state index contributed by atoms with van der Waals surface area (Å²) in [5.41, 5.74) is 6.24. The Morgan fingerprint density at radius 2 is 1.67 bits per heavy atom.